The van der Waals surface area contributed by atoms with Crippen molar-refractivity contribution in [1.29, 1.82) is 0 Å². The molecular weight excluding hydrogens is 370 g/mol. The van der Waals surface area contributed by atoms with E-state index in [0.29, 0.717) is 12.8 Å². The van der Waals surface area contributed by atoms with Crippen molar-refractivity contribution >= 4 is 11.9 Å². The second-order valence-corrected chi connectivity index (χ2v) is 9.49. The molecule has 0 N–H and O–H groups in total. The number of nitrogens with zero attached hydrogens (tertiary/aromatic N) is 1. The van der Waals surface area contributed by atoms with Crippen LogP contribution in [-0.4, -0.2) is 47.4 Å². The molecule has 29 heavy (non-hydrogen) atoms. The zero-order valence-electron chi connectivity index (χ0n) is 19.1. The average Bonchev–Trinajstić information content (AvgIpc) is 3.07. The summed E-state index contributed by atoms with van der Waals surface area (Å²) in [5, 5.41) is 2.06. The Balaban J connectivity index is 2.39. The third-order valence-electron chi connectivity index (χ3n) is 6.53. The maximum absolute atomic E-state index is 13.0. The van der Waals surface area contributed by atoms with Crippen molar-refractivity contribution in [1.82, 2.24) is 5.06 Å². The summed E-state index contributed by atoms with van der Waals surface area (Å²) in [7, 11) is 0. The topological polar surface area (TPSA) is 65.1 Å². The van der Waals surface area contributed by atoms with Crippen LogP contribution in [0, 0.1) is 11.3 Å². The van der Waals surface area contributed by atoms with Gasteiger partial charge in [0.15, 0.2) is 5.41 Å². The highest BCUT2D eigenvalue weighted by Crippen LogP contribution is 2.49. The van der Waals surface area contributed by atoms with E-state index in [1.54, 1.807) is 19.9 Å². The minimum absolute atomic E-state index is 0.155. The van der Waals surface area contributed by atoms with E-state index in [9.17, 15) is 9.59 Å². The van der Waals surface area contributed by atoms with Crippen LogP contribution in [0.1, 0.15) is 80.1 Å². The monoisotopic (exact) mass is 409 g/mol. The minimum atomic E-state index is -1.34. The SMILES string of the molecule is C=CC(ON1C(C)(C)CCCC1(C)C)[C@H]1CCCC1(C(=O)OCC)C(=O)OCC. The van der Waals surface area contributed by atoms with Gasteiger partial charge in [0, 0.05) is 17.0 Å². The first-order valence-electron chi connectivity index (χ1n) is 11.0. The molecule has 2 fully saturated rings. The first kappa shape index (κ1) is 23.9. The fourth-order valence-electron chi connectivity index (χ4n) is 5.25. The van der Waals surface area contributed by atoms with E-state index < -0.39 is 23.5 Å². The van der Waals surface area contributed by atoms with Gasteiger partial charge in [0.1, 0.15) is 6.10 Å². The third kappa shape index (κ3) is 4.53. The maximum atomic E-state index is 13.0. The zero-order valence-corrected chi connectivity index (χ0v) is 19.1. The largest absolute Gasteiger partial charge is 0.465 e. The van der Waals surface area contributed by atoms with Gasteiger partial charge in [0.2, 0.25) is 0 Å². The Hall–Kier alpha value is -1.40. The summed E-state index contributed by atoms with van der Waals surface area (Å²) in [6, 6.07) is 0. The normalized spacial score (nSPS) is 26.5. The van der Waals surface area contributed by atoms with E-state index in [4.69, 9.17) is 14.3 Å². The molecule has 0 amide bonds. The fraction of sp³-hybridized carbons (Fsp3) is 0.826. The van der Waals surface area contributed by atoms with Crippen LogP contribution < -0.4 is 0 Å². The Morgan fingerprint density at radius 1 is 1.00 bits per heavy atom. The first-order valence-corrected chi connectivity index (χ1v) is 11.0. The van der Waals surface area contributed by atoms with E-state index in [1.807, 2.05) is 0 Å². The quantitative estimate of drug-likeness (QED) is 0.336. The van der Waals surface area contributed by atoms with E-state index >= 15 is 0 Å². The summed E-state index contributed by atoms with van der Waals surface area (Å²) in [4.78, 5) is 32.6. The molecule has 2 aliphatic rings. The first-order chi connectivity index (χ1) is 13.6. The summed E-state index contributed by atoms with van der Waals surface area (Å²) >= 11 is 0. The Morgan fingerprint density at radius 3 is 1.97 bits per heavy atom. The standard InChI is InChI=1S/C23H39NO5/c1-8-18(29-24-21(4,5)14-12-15-22(24,6)7)17-13-11-16-23(17,19(25)27-9-2)20(26)28-10-3/h8,17-18H,1,9-16H2,2-7H3/t17-,18?/m1/s1. The van der Waals surface area contributed by atoms with Crippen LogP contribution >= 0.6 is 0 Å². The molecule has 0 bridgehead atoms. The summed E-state index contributed by atoms with van der Waals surface area (Å²) < 4.78 is 10.7. The Bertz CT molecular complexity index is 578. The molecule has 1 saturated carbocycles. The number of hydrogen-bond acceptors (Lipinski definition) is 6. The van der Waals surface area contributed by atoms with Crippen LogP contribution in [0.4, 0.5) is 0 Å². The average molecular weight is 410 g/mol. The molecule has 0 spiro atoms. The van der Waals surface area contributed by atoms with E-state index in [-0.39, 0.29) is 30.2 Å². The van der Waals surface area contributed by atoms with Crippen molar-refractivity contribution in [3.05, 3.63) is 12.7 Å². The minimum Gasteiger partial charge on any atom is -0.465 e. The van der Waals surface area contributed by atoms with Crippen molar-refractivity contribution in [3.63, 3.8) is 0 Å². The van der Waals surface area contributed by atoms with Gasteiger partial charge in [0.25, 0.3) is 0 Å². The van der Waals surface area contributed by atoms with Gasteiger partial charge in [-0.1, -0.05) is 12.5 Å². The summed E-state index contributed by atoms with van der Waals surface area (Å²) in [6.07, 6.45) is 6.25. The fourth-order valence-corrected chi connectivity index (χ4v) is 5.25. The Morgan fingerprint density at radius 2 is 1.52 bits per heavy atom. The molecule has 6 nitrogen and oxygen atoms in total. The van der Waals surface area contributed by atoms with Crippen LogP contribution in [0.15, 0.2) is 12.7 Å². The zero-order chi connectivity index (χ0) is 21.9. The smallest absolute Gasteiger partial charge is 0.323 e. The van der Waals surface area contributed by atoms with E-state index in [2.05, 4.69) is 39.3 Å². The molecule has 2 atom stereocenters. The van der Waals surface area contributed by atoms with Crippen LogP contribution in [0.5, 0.6) is 0 Å². The molecule has 6 heteroatoms. The van der Waals surface area contributed by atoms with E-state index in [0.717, 1.165) is 25.7 Å². The van der Waals surface area contributed by atoms with Gasteiger partial charge >= 0.3 is 11.9 Å². The Kier molecular flexibility index (Phi) is 7.55. The highest BCUT2D eigenvalue weighted by molar-refractivity contribution is 6.01. The van der Waals surface area contributed by atoms with Crippen LogP contribution in [-0.2, 0) is 23.9 Å². The molecule has 1 aliphatic carbocycles. The number of hydrogen-bond donors (Lipinski definition) is 0. The molecule has 166 valence electrons. The summed E-state index contributed by atoms with van der Waals surface area (Å²) in [5.41, 5.74) is -1.65. The summed E-state index contributed by atoms with van der Waals surface area (Å²) in [6.45, 7) is 16.6. The third-order valence-corrected chi connectivity index (χ3v) is 6.53. The van der Waals surface area contributed by atoms with Gasteiger partial charge in [-0.05, 0) is 73.6 Å². The van der Waals surface area contributed by atoms with Crippen molar-refractivity contribution in [2.45, 2.75) is 97.2 Å². The molecule has 1 heterocycles. The van der Waals surface area contributed by atoms with Gasteiger partial charge < -0.3 is 9.47 Å². The molecule has 1 unspecified atom stereocenters. The summed E-state index contributed by atoms with van der Waals surface area (Å²) in [5.74, 6) is -1.38. The molecule has 1 saturated heterocycles. The number of carbonyl (C=O) groups is 2. The van der Waals surface area contributed by atoms with Crippen molar-refractivity contribution < 1.29 is 23.9 Å². The predicted octanol–water partition coefficient (Wildman–Crippen LogP) is 4.43. The molecule has 0 aromatic heterocycles. The van der Waals surface area contributed by atoms with Gasteiger partial charge in [-0.2, -0.15) is 5.06 Å². The van der Waals surface area contributed by atoms with Crippen molar-refractivity contribution in [2.75, 3.05) is 13.2 Å². The van der Waals surface area contributed by atoms with Gasteiger partial charge in [0.05, 0.1) is 13.2 Å². The highest BCUT2D eigenvalue weighted by Gasteiger charge is 2.60. The van der Waals surface area contributed by atoms with Crippen LogP contribution in [0.3, 0.4) is 0 Å². The van der Waals surface area contributed by atoms with Gasteiger partial charge in [-0.3, -0.25) is 14.4 Å². The second-order valence-electron chi connectivity index (χ2n) is 9.49. The maximum Gasteiger partial charge on any atom is 0.323 e. The lowest BCUT2D eigenvalue weighted by Crippen LogP contribution is -2.60. The van der Waals surface area contributed by atoms with Gasteiger partial charge in [-0.15, -0.1) is 6.58 Å². The van der Waals surface area contributed by atoms with Crippen LogP contribution in [0.2, 0.25) is 0 Å². The second kappa shape index (κ2) is 9.17. The van der Waals surface area contributed by atoms with Gasteiger partial charge in [-0.25, -0.2) is 0 Å². The number of rotatable bonds is 8. The van der Waals surface area contributed by atoms with E-state index in [1.165, 1.54) is 0 Å². The number of carbonyl (C=O) groups excluding carboxylic acids is 2. The molecule has 2 rings (SSSR count). The number of ether oxygens (including phenoxy) is 2. The Labute approximate surface area is 175 Å². The van der Waals surface area contributed by atoms with Crippen molar-refractivity contribution in [3.8, 4) is 0 Å². The number of piperidine rings is 1. The number of esters is 2. The number of hydroxylamine groups is 2. The lowest BCUT2D eigenvalue weighted by Gasteiger charge is -2.53. The highest BCUT2D eigenvalue weighted by atomic mass is 16.7. The van der Waals surface area contributed by atoms with Crippen LogP contribution in [0.25, 0.3) is 0 Å². The predicted molar refractivity (Wildman–Crippen MR) is 112 cm³/mol. The molecule has 0 radical (unpaired) electrons. The molecule has 1 aliphatic heterocycles. The molecule has 0 aromatic rings. The molecular formula is C23H39NO5. The lowest BCUT2D eigenvalue weighted by atomic mass is 9.74. The van der Waals surface area contributed by atoms with Crippen molar-refractivity contribution in [2.24, 2.45) is 11.3 Å². The molecule has 0 aromatic carbocycles. The lowest BCUT2D eigenvalue weighted by molar-refractivity contribution is -0.306.